The van der Waals surface area contributed by atoms with Crippen molar-refractivity contribution in [2.24, 2.45) is 0 Å². The first kappa shape index (κ1) is 45.2. The maximum absolute atomic E-state index is 10.2. The first-order chi connectivity index (χ1) is 29.8. The van der Waals surface area contributed by atoms with Gasteiger partial charge in [0.2, 0.25) is 23.8 Å². The lowest BCUT2D eigenvalue weighted by Crippen LogP contribution is -2.38. The maximum Gasteiger partial charge on any atom is 0.232 e. The Balaban J connectivity index is 1.20. The molecule has 0 radical (unpaired) electrons. The molecule has 6 rings (SSSR count). The highest BCUT2D eigenvalue weighted by Crippen LogP contribution is 2.24. The summed E-state index contributed by atoms with van der Waals surface area (Å²) in [5, 5.41) is 47.6. The van der Waals surface area contributed by atoms with Crippen molar-refractivity contribution in [3.05, 3.63) is 142 Å². The number of hydrogen-bond donors (Lipinski definition) is 6. The summed E-state index contributed by atoms with van der Waals surface area (Å²) in [5.74, 6) is 2.62. The molecular weight excluding hydrogens is 781 g/mol. The van der Waals surface area contributed by atoms with Crippen LogP contribution in [-0.2, 0) is 12.8 Å². The molecule has 0 fully saturated rings. The van der Waals surface area contributed by atoms with Crippen LogP contribution in [0.15, 0.2) is 97.1 Å². The topological polar surface area (TPSA) is 189 Å². The molecule has 0 aliphatic carbocycles. The van der Waals surface area contributed by atoms with Gasteiger partial charge in [-0.1, -0.05) is 84.9 Å². The molecule has 0 bridgehead atoms. The molecule has 0 saturated carbocycles. The molecule has 14 nitrogen and oxygen atoms in total. The first-order valence-electron chi connectivity index (χ1n) is 21.0. The maximum atomic E-state index is 10.2. The van der Waals surface area contributed by atoms with E-state index in [9.17, 15) is 20.4 Å². The summed E-state index contributed by atoms with van der Waals surface area (Å²) >= 11 is 0. The highest BCUT2D eigenvalue weighted by Gasteiger charge is 2.20. The number of benzene rings is 4. The minimum atomic E-state index is -0.656. The van der Waals surface area contributed by atoms with Gasteiger partial charge in [0.05, 0.1) is 24.4 Å². The molecule has 14 heteroatoms. The van der Waals surface area contributed by atoms with Crippen molar-refractivity contribution in [3.8, 4) is 0 Å². The molecular formula is C48H58N10O4. The third-order valence-corrected chi connectivity index (χ3v) is 9.74. The van der Waals surface area contributed by atoms with Crippen LogP contribution >= 0.6 is 0 Å². The molecule has 6 aromatic rings. The van der Waals surface area contributed by atoms with Crippen molar-refractivity contribution in [2.45, 2.75) is 78.8 Å². The molecule has 0 aliphatic rings. The van der Waals surface area contributed by atoms with Gasteiger partial charge in [0.15, 0.2) is 0 Å². The number of aryl methyl sites for hydroxylation is 2. The predicted octanol–water partition coefficient (Wildman–Crippen LogP) is 6.65. The fourth-order valence-corrected chi connectivity index (χ4v) is 7.01. The van der Waals surface area contributed by atoms with E-state index in [0.29, 0.717) is 48.3 Å². The summed E-state index contributed by atoms with van der Waals surface area (Å²) < 4.78 is 0. The second kappa shape index (κ2) is 21.5. The third-order valence-electron chi connectivity index (χ3n) is 9.74. The van der Waals surface area contributed by atoms with Gasteiger partial charge in [-0.05, 0) is 99.2 Å². The van der Waals surface area contributed by atoms with E-state index >= 15 is 0 Å². The lowest BCUT2D eigenvalue weighted by molar-refractivity contribution is 0.176. The summed E-state index contributed by atoms with van der Waals surface area (Å²) in [4.78, 5) is 32.0. The van der Waals surface area contributed by atoms with Crippen molar-refractivity contribution in [1.82, 2.24) is 29.9 Å². The second-order valence-corrected chi connectivity index (χ2v) is 16.0. The molecule has 2 aromatic heterocycles. The standard InChI is InChI=1S/C48H58N10O4/c1-31-23-38(26-44-52-45(49-41-15-11-8-12-16-41)55-48(54-44)58(29-35(5)61)30-36(6)62)17-18-39(31)19-20-40-21-22-42(24-32(40)2)50-46-51-43(25-37-13-9-7-10-14-37)53-47(56-46)57(27-33(3)59)28-34(4)60/h7-24,33-36,59-62H,25-30H2,1-6H3,(H,49,52,54,55)(H,50,51,53,56)/b20-19+. The van der Waals surface area contributed by atoms with Gasteiger partial charge in [0, 0.05) is 50.4 Å². The van der Waals surface area contributed by atoms with Gasteiger partial charge < -0.3 is 40.9 Å². The number of para-hydroxylation sites is 1. The Morgan fingerprint density at radius 1 is 0.484 bits per heavy atom. The Morgan fingerprint density at radius 3 is 1.39 bits per heavy atom. The van der Waals surface area contributed by atoms with E-state index in [4.69, 9.17) is 24.9 Å². The van der Waals surface area contributed by atoms with E-state index in [1.165, 1.54) is 0 Å². The number of aliphatic hydroxyl groups is 4. The minimum absolute atomic E-state index is 0.254. The van der Waals surface area contributed by atoms with Crippen LogP contribution in [0, 0.1) is 13.8 Å². The van der Waals surface area contributed by atoms with Crippen LogP contribution in [0.5, 0.6) is 0 Å². The van der Waals surface area contributed by atoms with E-state index in [0.717, 1.165) is 44.8 Å². The third kappa shape index (κ3) is 13.6. The number of hydrogen-bond acceptors (Lipinski definition) is 14. The lowest BCUT2D eigenvalue weighted by atomic mass is 10.0. The molecule has 62 heavy (non-hydrogen) atoms. The van der Waals surface area contributed by atoms with Gasteiger partial charge in [0.1, 0.15) is 11.6 Å². The number of aromatic nitrogens is 6. The number of rotatable bonds is 20. The van der Waals surface area contributed by atoms with Crippen molar-refractivity contribution < 1.29 is 20.4 Å². The van der Waals surface area contributed by atoms with Crippen LogP contribution < -0.4 is 20.4 Å². The molecule has 0 saturated heterocycles. The second-order valence-electron chi connectivity index (χ2n) is 16.0. The van der Waals surface area contributed by atoms with Crippen LogP contribution in [-0.4, -0.2) is 101 Å². The van der Waals surface area contributed by atoms with Gasteiger partial charge in [-0.3, -0.25) is 0 Å². The quantitative estimate of drug-likeness (QED) is 0.0449. The van der Waals surface area contributed by atoms with E-state index in [-0.39, 0.29) is 26.2 Å². The van der Waals surface area contributed by atoms with E-state index < -0.39 is 24.4 Å². The molecule has 324 valence electrons. The zero-order chi connectivity index (χ0) is 44.2. The zero-order valence-electron chi connectivity index (χ0n) is 36.3. The van der Waals surface area contributed by atoms with Crippen molar-refractivity contribution in [2.75, 3.05) is 46.6 Å². The normalized spacial score (nSPS) is 13.4. The summed E-state index contributed by atoms with van der Waals surface area (Å²) in [6, 6.07) is 32.0. The van der Waals surface area contributed by atoms with Crippen LogP contribution in [0.25, 0.3) is 12.2 Å². The van der Waals surface area contributed by atoms with Gasteiger partial charge in [-0.25, -0.2) is 0 Å². The molecule has 0 amide bonds. The zero-order valence-corrected chi connectivity index (χ0v) is 36.3. The van der Waals surface area contributed by atoms with Crippen molar-refractivity contribution in [1.29, 1.82) is 0 Å². The fourth-order valence-electron chi connectivity index (χ4n) is 7.01. The van der Waals surface area contributed by atoms with Crippen LogP contribution in [0.2, 0.25) is 0 Å². The van der Waals surface area contributed by atoms with E-state index in [1.54, 1.807) is 37.5 Å². The molecule has 0 spiro atoms. The van der Waals surface area contributed by atoms with Gasteiger partial charge in [0.25, 0.3) is 0 Å². The molecule has 0 aliphatic heterocycles. The monoisotopic (exact) mass is 838 g/mol. The fraction of sp³-hybridized carbons (Fsp3) is 0.333. The van der Waals surface area contributed by atoms with E-state index in [2.05, 4.69) is 65.9 Å². The van der Waals surface area contributed by atoms with Gasteiger partial charge in [-0.2, -0.15) is 29.9 Å². The summed E-state index contributed by atoms with van der Waals surface area (Å²) in [6.45, 7) is 11.9. The largest absolute Gasteiger partial charge is 0.392 e. The number of anilines is 6. The summed E-state index contributed by atoms with van der Waals surface area (Å²) in [5.41, 5.74) is 7.98. The SMILES string of the molecule is Cc1cc(Cc2nc(Nc3ccccc3)nc(N(CC(C)O)CC(C)O)n2)ccc1/C=C/c1ccc(Nc2nc(Cc3ccccc3)nc(N(CC(C)O)CC(C)O)n2)cc1C. The Hall–Kier alpha value is -6.32. The lowest BCUT2D eigenvalue weighted by Gasteiger charge is -2.26. The van der Waals surface area contributed by atoms with Crippen LogP contribution in [0.4, 0.5) is 35.2 Å². The average molecular weight is 839 g/mol. The minimum Gasteiger partial charge on any atom is -0.392 e. The summed E-state index contributed by atoms with van der Waals surface area (Å²) in [6.07, 6.45) is 2.53. The molecule has 6 N–H and O–H groups in total. The Labute approximate surface area is 364 Å². The molecule has 4 aromatic carbocycles. The van der Waals surface area contributed by atoms with Crippen molar-refractivity contribution in [3.63, 3.8) is 0 Å². The average Bonchev–Trinajstić information content (AvgIpc) is 3.20. The Kier molecular flexibility index (Phi) is 15.7. The Bertz CT molecular complexity index is 2210. The molecule has 4 unspecified atom stereocenters. The molecule has 4 atom stereocenters. The molecule has 2 heterocycles. The highest BCUT2D eigenvalue weighted by atomic mass is 16.3. The van der Waals surface area contributed by atoms with Crippen molar-refractivity contribution >= 4 is 47.3 Å². The summed E-state index contributed by atoms with van der Waals surface area (Å²) in [7, 11) is 0. The first-order valence-corrected chi connectivity index (χ1v) is 21.0. The smallest absolute Gasteiger partial charge is 0.232 e. The number of nitrogens with zero attached hydrogens (tertiary/aromatic N) is 8. The van der Waals surface area contributed by atoms with Crippen LogP contribution in [0.3, 0.4) is 0 Å². The van der Waals surface area contributed by atoms with E-state index in [1.807, 2.05) is 72.8 Å². The highest BCUT2D eigenvalue weighted by molar-refractivity contribution is 5.74. The Morgan fingerprint density at radius 2 is 0.919 bits per heavy atom. The van der Waals surface area contributed by atoms with Gasteiger partial charge in [-0.15, -0.1) is 0 Å². The number of aliphatic hydroxyl groups excluding tert-OH is 4. The predicted molar refractivity (Wildman–Crippen MR) is 247 cm³/mol. The van der Waals surface area contributed by atoms with Gasteiger partial charge >= 0.3 is 0 Å². The number of nitrogens with one attached hydrogen (secondary N) is 2. The van der Waals surface area contributed by atoms with Crippen LogP contribution in [0.1, 0.15) is 72.7 Å².